The number of thioether (sulfide) groups is 1. The summed E-state index contributed by atoms with van der Waals surface area (Å²) in [5.74, 6) is 0.480. The molecule has 4 nitrogen and oxygen atoms in total. The molecule has 0 aromatic carbocycles. The first-order chi connectivity index (χ1) is 6.68. The first-order valence-electron chi connectivity index (χ1n) is 4.50. The fourth-order valence-corrected chi connectivity index (χ4v) is 2.92. The lowest BCUT2D eigenvalue weighted by Crippen LogP contribution is -1.97. The van der Waals surface area contributed by atoms with Crippen LogP contribution in [0, 0.1) is 6.92 Å². The molecule has 0 bridgehead atoms. The van der Waals surface area contributed by atoms with Gasteiger partial charge in [0.1, 0.15) is 5.76 Å². The second-order valence-corrected chi connectivity index (χ2v) is 4.58. The number of aromatic nitrogens is 1. The molecule has 1 aromatic rings. The molecule has 1 unspecified atom stereocenters. The molecular weight excluding hydrogens is 202 g/mol. The Morgan fingerprint density at radius 3 is 3.00 bits per heavy atom. The van der Waals surface area contributed by atoms with Crippen LogP contribution in [0.5, 0.6) is 0 Å². The Labute approximate surface area is 85.7 Å². The maximum Gasteiger partial charge on any atom is 0.392 e. The Hall–Kier alpha value is -0.970. The van der Waals surface area contributed by atoms with Gasteiger partial charge in [-0.05, 0) is 25.5 Å². The van der Waals surface area contributed by atoms with Crippen molar-refractivity contribution in [1.82, 2.24) is 4.98 Å². The minimum atomic E-state index is -1.10. The average Bonchev–Trinajstić information content (AvgIpc) is 2.71. The summed E-state index contributed by atoms with van der Waals surface area (Å²) in [6.07, 6.45) is 2.24. The minimum Gasteiger partial charge on any atom is -0.474 e. The molecule has 1 N–H and O–H groups in total. The van der Waals surface area contributed by atoms with Gasteiger partial charge in [0.2, 0.25) is 0 Å². The summed E-state index contributed by atoms with van der Waals surface area (Å²) in [6, 6.07) is 0. The van der Waals surface area contributed by atoms with Crippen molar-refractivity contribution in [3.05, 3.63) is 17.3 Å². The topological polar surface area (TPSA) is 63.3 Å². The number of rotatable bonds is 2. The second-order valence-electron chi connectivity index (χ2n) is 3.27. The highest BCUT2D eigenvalue weighted by Crippen LogP contribution is 2.40. The van der Waals surface area contributed by atoms with E-state index in [-0.39, 0.29) is 5.89 Å². The van der Waals surface area contributed by atoms with E-state index >= 15 is 0 Å². The third kappa shape index (κ3) is 1.64. The molecule has 5 heteroatoms. The molecule has 0 saturated carbocycles. The summed E-state index contributed by atoms with van der Waals surface area (Å²) >= 11 is 1.82. The van der Waals surface area contributed by atoms with Crippen LogP contribution in [-0.2, 0) is 0 Å². The quantitative estimate of drug-likeness (QED) is 0.816. The lowest BCUT2D eigenvalue weighted by Gasteiger charge is -2.03. The molecule has 0 aliphatic carbocycles. The van der Waals surface area contributed by atoms with Gasteiger partial charge in [-0.2, -0.15) is 11.8 Å². The fraction of sp³-hybridized carbons (Fsp3) is 0.556. The number of aromatic carboxylic acids is 1. The number of carboxylic acid groups (broad SMARTS) is 1. The number of hydrogen-bond acceptors (Lipinski definition) is 4. The average molecular weight is 213 g/mol. The summed E-state index contributed by atoms with van der Waals surface area (Å²) in [6.45, 7) is 1.77. The van der Waals surface area contributed by atoms with Crippen molar-refractivity contribution in [2.75, 3.05) is 5.75 Å². The van der Waals surface area contributed by atoms with Crippen LogP contribution < -0.4 is 0 Å². The molecule has 2 heterocycles. The van der Waals surface area contributed by atoms with Gasteiger partial charge in [-0.1, -0.05) is 0 Å². The van der Waals surface area contributed by atoms with Crippen LogP contribution in [-0.4, -0.2) is 21.8 Å². The molecule has 2 rings (SSSR count). The van der Waals surface area contributed by atoms with Crippen LogP contribution >= 0.6 is 11.8 Å². The summed E-state index contributed by atoms with van der Waals surface area (Å²) in [5.41, 5.74) is 0.810. The molecule has 14 heavy (non-hydrogen) atoms. The Bertz CT molecular complexity index is 355. The molecule has 1 atom stereocenters. The van der Waals surface area contributed by atoms with Gasteiger partial charge in [0.05, 0.1) is 10.9 Å². The van der Waals surface area contributed by atoms with Crippen molar-refractivity contribution < 1.29 is 14.3 Å². The highest BCUT2D eigenvalue weighted by molar-refractivity contribution is 7.99. The normalized spacial score (nSPS) is 21.4. The van der Waals surface area contributed by atoms with E-state index in [0.717, 1.165) is 17.9 Å². The fourth-order valence-electron chi connectivity index (χ4n) is 1.59. The van der Waals surface area contributed by atoms with Crippen molar-refractivity contribution in [1.29, 1.82) is 0 Å². The molecule has 76 valence electrons. The zero-order chi connectivity index (χ0) is 10.1. The highest BCUT2D eigenvalue weighted by Gasteiger charge is 2.25. The highest BCUT2D eigenvalue weighted by atomic mass is 32.2. The van der Waals surface area contributed by atoms with Crippen molar-refractivity contribution >= 4 is 17.7 Å². The van der Waals surface area contributed by atoms with Crippen molar-refractivity contribution in [2.45, 2.75) is 25.0 Å². The maximum atomic E-state index is 10.6. The van der Waals surface area contributed by atoms with Crippen molar-refractivity contribution in [2.24, 2.45) is 0 Å². The van der Waals surface area contributed by atoms with E-state index in [9.17, 15) is 4.79 Å². The summed E-state index contributed by atoms with van der Waals surface area (Å²) in [7, 11) is 0. The van der Waals surface area contributed by atoms with Crippen LogP contribution in [0.4, 0.5) is 0 Å². The lowest BCUT2D eigenvalue weighted by atomic mass is 10.2. The molecule has 1 fully saturated rings. The lowest BCUT2D eigenvalue weighted by molar-refractivity contribution is 0.0652. The van der Waals surface area contributed by atoms with Gasteiger partial charge in [0, 0.05) is 0 Å². The van der Waals surface area contributed by atoms with E-state index in [4.69, 9.17) is 9.52 Å². The van der Waals surface area contributed by atoms with E-state index in [1.807, 2.05) is 11.8 Å². The number of nitrogens with zero attached hydrogens (tertiary/aromatic N) is 1. The summed E-state index contributed by atoms with van der Waals surface area (Å²) in [5, 5.41) is 9.03. The SMILES string of the molecule is Cc1oc(C(=O)O)nc1C1CCCS1. The van der Waals surface area contributed by atoms with Crippen molar-refractivity contribution in [3.63, 3.8) is 0 Å². The Balaban J connectivity index is 2.28. The predicted octanol–water partition coefficient (Wildman–Crippen LogP) is 2.25. The number of oxazole rings is 1. The Kier molecular flexibility index (Phi) is 2.50. The van der Waals surface area contributed by atoms with Crippen LogP contribution in [0.15, 0.2) is 4.42 Å². The predicted molar refractivity (Wildman–Crippen MR) is 52.6 cm³/mol. The number of aryl methyl sites for hydroxylation is 1. The van der Waals surface area contributed by atoms with Gasteiger partial charge >= 0.3 is 11.9 Å². The molecule has 1 aromatic heterocycles. The van der Waals surface area contributed by atoms with Gasteiger partial charge in [-0.25, -0.2) is 9.78 Å². The van der Waals surface area contributed by atoms with Crippen molar-refractivity contribution in [3.8, 4) is 0 Å². The first-order valence-corrected chi connectivity index (χ1v) is 5.55. The number of hydrogen-bond donors (Lipinski definition) is 1. The van der Waals surface area contributed by atoms with Gasteiger partial charge in [-0.15, -0.1) is 0 Å². The van der Waals surface area contributed by atoms with Crippen LogP contribution in [0.3, 0.4) is 0 Å². The van der Waals surface area contributed by atoms with E-state index in [1.54, 1.807) is 6.92 Å². The molecule has 1 aliphatic rings. The van der Waals surface area contributed by atoms with E-state index < -0.39 is 5.97 Å². The third-order valence-corrected chi connectivity index (χ3v) is 3.64. The summed E-state index contributed by atoms with van der Waals surface area (Å²) in [4.78, 5) is 14.6. The molecule has 0 amide bonds. The second kappa shape index (κ2) is 3.65. The van der Waals surface area contributed by atoms with Crippen LogP contribution in [0.2, 0.25) is 0 Å². The Morgan fingerprint density at radius 2 is 2.50 bits per heavy atom. The molecule has 0 spiro atoms. The number of carboxylic acids is 1. The molecule has 0 radical (unpaired) electrons. The largest absolute Gasteiger partial charge is 0.474 e. The minimum absolute atomic E-state index is 0.190. The van der Waals surface area contributed by atoms with E-state index in [2.05, 4.69) is 4.98 Å². The zero-order valence-electron chi connectivity index (χ0n) is 7.82. The first kappa shape index (κ1) is 9.58. The van der Waals surface area contributed by atoms with Gasteiger partial charge < -0.3 is 9.52 Å². The van der Waals surface area contributed by atoms with Crippen LogP contribution in [0.25, 0.3) is 0 Å². The Morgan fingerprint density at radius 1 is 1.71 bits per heavy atom. The monoisotopic (exact) mass is 213 g/mol. The van der Waals surface area contributed by atoms with Gasteiger partial charge in [-0.3, -0.25) is 0 Å². The van der Waals surface area contributed by atoms with Crippen LogP contribution in [0.1, 0.15) is 40.2 Å². The third-order valence-electron chi connectivity index (χ3n) is 2.25. The summed E-state index contributed by atoms with van der Waals surface area (Å²) < 4.78 is 5.06. The zero-order valence-corrected chi connectivity index (χ0v) is 8.63. The smallest absolute Gasteiger partial charge is 0.392 e. The maximum absolute atomic E-state index is 10.6. The molecule has 1 saturated heterocycles. The standard InChI is InChI=1S/C9H11NO3S/c1-5-7(6-3-2-4-14-6)10-8(13-5)9(11)12/h6H,2-4H2,1H3,(H,11,12). The number of carbonyl (C=O) groups is 1. The van der Waals surface area contributed by atoms with E-state index in [1.165, 1.54) is 6.42 Å². The van der Waals surface area contributed by atoms with Gasteiger partial charge in [0.15, 0.2) is 0 Å². The molecular formula is C9H11NO3S. The van der Waals surface area contributed by atoms with E-state index in [0.29, 0.717) is 11.0 Å². The van der Waals surface area contributed by atoms with Gasteiger partial charge in [0.25, 0.3) is 0 Å². The molecule has 1 aliphatic heterocycles.